The molecule has 2 saturated carbocycles. The van der Waals surface area contributed by atoms with Gasteiger partial charge >= 0.3 is 0 Å². The molecule has 2 fully saturated rings. The van der Waals surface area contributed by atoms with Gasteiger partial charge < -0.3 is 0 Å². The summed E-state index contributed by atoms with van der Waals surface area (Å²) < 4.78 is 27.4. The van der Waals surface area contributed by atoms with Crippen molar-refractivity contribution >= 4 is 27.1 Å². The van der Waals surface area contributed by atoms with Gasteiger partial charge in [-0.3, -0.25) is 4.79 Å². The van der Waals surface area contributed by atoms with E-state index >= 15 is 0 Å². The van der Waals surface area contributed by atoms with E-state index in [0.717, 1.165) is 11.4 Å². The molecule has 7 heteroatoms. The molecular formula is C14H20N2O3S2. The summed E-state index contributed by atoms with van der Waals surface area (Å²) >= 11 is 1.41. The number of carbonyl (C=O) groups is 1. The fraction of sp³-hybridized carbons (Fsp3) is 0.714. The van der Waals surface area contributed by atoms with Crippen LogP contribution in [0.1, 0.15) is 38.1 Å². The molecule has 0 aromatic carbocycles. The van der Waals surface area contributed by atoms with E-state index in [1.807, 2.05) is 19.2 Å². The Morgan fingerprint density at radius 2 is 2.24 bits per heavy atom. The van der Waals surface area contributed by atoms with Crippen LogP contribution in [0.3, 0.4) is 0 Å². The topological polar surface area (TPSA) is 76.1 Å². The van der Waals surface area contributed by atoms with Crippen molar-refractivity contribution in [2.24, 2.45) is 16.7 Å². The fourth-order valence-electron chi connectivity index (χ4n) is 4.00. The number of nitrogens with zero attached hydrogens (tertiary/aromatic N) is 1. The van der Waals surface area contributed by atoms with Crippen molar-refractivity contribution in [2.45, 2.75) is 39.7 Å². The Kier molecular flexibility index (Phi) is 3.50. The lowest BCUT2D eigenvalue weighted by Crippen LogP contribution is -2.45. The highest BCUT2D eigenvalue weighted by atomic mass is 32.2. The third-order valence-electron chi connectivity index (χ3n) is 5.50. The summed E-state index contributed by atoms with van der Waals surface area (Å²) in [6.07, 6.45) is 3.84. The first kappa shape index (κ1) is 15.1. The van der Waals surface area contributed by atoms with E-state index < -0.39 is 15.4 Å². The van der Waals surface area contributed by atoms with Gasteiger partial charge in [-0.1, -0.05) is 13.8 Å². The summed E-state index contributed by atoms with van der Waals surface area (Å²) in [5.74, 6) is 0.371. The number of nitrogens with one attached hydrogen (secondary N) is 1. The van der Waals surface area contributed by atoms with Crippen LogP contribution in [0.15, 0.2) is 11.6 Å². The molecule has 0 aliphatic heterocycles. The Labute approximate surface area is 129 Å². The maximum absolute atomic E-state index is 12.4. The van der Waals surface area contributed by atoms with Crippen molar-refractivity contribution in [2.75, 3.05) is 5.75 Å². The lowest BCUT2D eigenvalue weighted by molar-refractivity contribution is -0.128. The van der Waals surface area contributed by atoms with Gasteiger partial charge in [-0.2, -0.15) is 0 Å². The first-order chi connectivity index (χ1) is 9.77. The molecule has 2 bridgehead atoms. The highest BCUT2D eigenvalue weighted by Gasteiger charge is 2.65. The van der Waals surface area contributed by atoms with Crippen LogP contribution in [0.2, 0.25) is 0 Å². The number of sulfonamides is 1. The van der Waals surface area contributed by atoms with Crippen molar-refractivity contribution in [1.29, 1.82) is 0 Å². The number of carbonyl (C=O) groups excluding carboxylic acids is 1. The Hall–Kier alpha value is -0.790. The minimum Gasteiger partial charge on any atom is -0.299 e. The summed E-state index contributed by atoms with van der Waals surface area (Å²) in [6.45, 7) is 4.30. The van der Waals surface area contributed by atoms with E-state index in [0.29, 0.717) is 18.8 Å². The molecule has 0 radical (unpaired) electrons. The van der Waals surface area contributed by atoms with Gasteiger partial charge in [-0.25, -0.2) is 18.1 Å². The Morgan fingerprint density at radius 3 is 2.76 bits per heavy atom. The van der Waals surface area contributed by atoms with E-state index in [-0.39, 0.29) is 23.5 Å². The first-order valence-electron chi connectivity index (χ1n) is 7.16. The molecule has 0 saturated heterocycles. The summed E-state index contributed by atoms with van der Waals surface area (Å²) in [5, 5.41) is 2.55. The second-order valence-electron chi connectivity index (χ2n) is 6.67. The molecule has 3 rings (SSSR count). The predicted octanol–water partition coefficient (Wildman–Crippen LogP) is 1.96. The molecule has 1 aromatic rings. The van der Waals surface area contributed by atoms with E-state index in [1.165, 1.54) is 11.3 Å². The Balaban J connectivity index is 1.77. The molecule has 5 nitrogen and oxygen atoms in total. The van der Waals surface area contributed by atoms with Crippen molar-refractivity contribution < 1.29 is 13.2 Å². The largest absolute Gasteiger partial charge is 0.299 e. The van der Waals surface area contributed by atoms with E-state index in [2.05, 4.69) is 9.71 Å². The molecule has 1 N–H and O–H groups in total. The smallest absolute Gasteiger partial charge is 0.212 e. The van der Waals surface area contributed by atoms with Crippen LogP contribution in [-0.2, 0) is 21.4 Å². The molecule has 1 aromatic heterocycles. The van der Waals surface area contributed by atoms with Crippen molar-refractivity contribution in [3.63, 3.8) is 0 Å². The monoisotopic (exact) mass is 328 g/mol. The minimum absolute atomic E-state index is 0.0896. The molecule has 21 heavy (non-hydrogen) atoms. The Bertz CT molecular complexity index is 652. The normalized spacial score (nSPS) is 31.0. The second kappa shape index (κ2) is 4.86. The van der Waals surface area contributed by atoms with Crippen molar-refractivity contribution in [1.82, 2.24) is 9.71 Å². The van der Waals surface area contributed by atoms with Crippen LogP contribution in [-0.4, -0.2) is 24.9 Å². The maximum Gasteiger partial charge on any atom is 0.212 e. The van der Waals surface area contributed by atoms with Gasteiger partial charge in [0, 0.05) is 23.4 Å². The first-order valence-corrected chi connectivity index (χ1v) is 9.69. The second-order valence-corrected chi connectivity index (χ2v) is 9.46. The summed E-state index contributed by atoms with van der Waals surface area (Å²) in [7, 11) is -3.49. The summed E-state index contributed by atoms with van der Waals surface area (Å²) in [5.41, 5.74) is -0.924. The number of fused-ring (bicyclic) bond motifs is 2. The third-order valence-corrected chi connectivity index (χ3v) is 7.74. The number of hydrogen-bond donors (Lipinski definition) is 1. The van der Waals surface area contributed by atoms with Gasteiger partial charge in [0.05, 0.1) is 12.3 Å². The molecule has 2 aliphatic rings. The van der Waals surface area contributed by atoms with Gasteiger partial charge in [-0.15, -0.1) is 11.3 Å². The van der Waals surface area contributed by atoms with Gasteiger partial charge in [0.25, 0.3) is 0 Å². The standard InChI is InChI=1S/C14H20N2O3S2/c1-13(2)10-3-4-14(13,11(17)7-10)9-21(18,19)16-8-12-15-5-6-20-12/h5-6,10,16H,3-4,7-9H2,1-2H3. The van der Waals surface area contributed by atoms with E-state index in [9.17, 15) is 13.2 Å². The van der Waals surface area contributed by atoms with Crippen molar-refractivity contribution in [3.8, 4) is 0 Å². The van der Waals surface area contributed by atoms with Crippen LogP contribution < -0.4 is 4.72 Å². The van der Waals surface area contributed by atoms with Gasteiger partial charge in [-0.05, 0) is 24.2 Å². The molecule has 0 amide bonds. The maximum atomic E-state index is 12.4. The molecule has 2 aliphatic carbocycles. The van der Waals surface area contributed by atoms with Crippen LogP contribution in [0.5, 0.6) is 0 Å². The average Bonchev–Trinajstić information content (AvgIpc) is 3.02. The number of aromatic nitrogens is 1. The van der Waals surface area contributed by atoms with Gasteiger partial charge in [0.15, 0.2) is 0 Å². The number of thiazole rings is 1. The lowest BCUT2D eigenvalue weighted by Gasteiger charge is -2.36. The summed E-state index contributed by atoms with van der Waals surface area (Å²) in [4.78, 5) is 16.4. The van der Waals surface area contributed by atoms with E-state index in [4.69, 9.17) is 0 Å². The van der Waals surface area contributed by atoms with E-state index in [1.54, 1.807) is 6.20 Å². The summed E-state index contributed by atoms with van der Waals surface area (Å²) in [6, 6.07) is 0. The number of Topliss-reactive ketones (excluding diaryl/α,β-unsaturated/α-hetero) is 1. The number of ketones is 1. The van der Waals surface area contributed by atoms with Gasteiger partial charge in [0.1, 0.15) is 10.8 Å². The number of hydrogen-bond acceptors (Lipinski definition) is 5. The van der Waals surface area contributed by atoms with Crippen LogP contribution >= 0.6 is 11.3 Å². The van der Waals surface area contributed by atoms with Gasteiger partial charge in [0.2, 0.25) is 10.0 Å². The number of rotatable bonds is 5. The van der Waals surface area contributed by atoms with Crippen LogP contribution in [0, 0.1) is 16.7 Å². The van der Waals surface area contributed by atoms with Crippen molar-refractivity contribution in [3.05, 3.63) is 16.6 Å². The highest BCUT2D eigenvalue weighted by molar-refractivity contribution is 7.89. The SMILES string of the molecule is CC1(C)C2CCC1(CS(=O)(=O)NCc1nccs1)C(=O)C2. The molecule has 116 valence electrons. The lowest BCUT2D eigenvalue weighted by atomic mass is 9.70. The quantitative estimate of drug-likeness (QED) is 0.896. The third kappa shape index (κ3) is 2.35. The Morgan fingerprint density at radius 1 is 1.48 bits per heavy atom. The molecule has 0 spiro atoms. The average molecular weight is 328 g/mol. The molecule has 1 heterocycles. The predicted molar refractivity (Wildman–Crippen MR) is 81.3 cm³/mol. The molecular weight excluding hydrogens is 308 g/mol. The zero-order chi connectivity index (χ0) is 15.3. The fourth-order valence-corrected chi connectivity index (χ4v) is 6.43. The molecule has 2 atom stereocenters. The highest BCUT2D eigenvalue weighted by Crippen LogP contribution is 2.64. The molecule has 2 unspecified atom stereocenters. The minimum atomic E-state index is -3.49. The van der Waals surface area contributed by atoms with Crippen LogP contribution in [0.4, 0.5) is 0 Å². The zero-order valence-electron chi connectivity index (χ0n) is 12.3. The van der Waals surface area contributed by atoms with Crippen LogP contribution in [0.25, 0.3) is 0 Å². The zero-order valence-corrected chi connectivity index (χ0v) is 13.9.